The minimum absolute atomic E-state index is 0.0511. The second kappa shape index (κ2) is 7.10. The van der Waals surface area contributed by atoms with Crippen molar-refractivity contribution >= 4 is 16.8 Å². The maximum atomic E-state index is 12.3. The van der Waals surface area contributed by atoms with Crippen LogP contribution in [0, 0.1) is 5.92 Å². The number of nitrogens with zero attached hydrogens (tertiary/aromatic N) is 3. The van der Waals surface area contributed by atoms with Gasteiger partial charge in [-0.1, -0.05) is 12.1 Å². The van der Waals surface area contributed by atoms with E-state index in [1.54, 1.807) is 6.20 Å². The van der Waals surface area contributed by atoms with Gasteiger partial charge in [0.25, 0.3) is 0 Å². The number of aliphatic hydroxyl groups is 1. The van der Waals surface area contributed by atoms with Crippen LogP contribution in [-0.2, 0) is 11.3 Å². The number of hydrogen-bond donors (Lipinski definition) is 1. The topological polar surface area (TPSA) is 56.7 Å². The van der Waals surface area contributed by atoms with E-state index in [1.807, 2.05) is 17.0 Å². The van der Waals surface area contributed by atoms with Gasteiger partial charge in [0, 0.05) is 56.6 Å². The number of likely N-dealkylation sites (tertiary alicyclic amines) is 2. The SMILES string of the molecule is O=C(C[C@H]1CN(Cc2ccc3ncccc3c2)C[C@@H]1O)N1CCCC1. The predicted molar refractivity (Wildman–Crippen MR) is 96.9 cm³/mol. The van der Waals surface area contributed by atoms with Crippen LogP contribution in [0.3, 0.4) is 0 Å². The standard InChI is InChI=1S/C20H25N3O2/c24-19-14-22(13-17(19)11-20(25)23-8-1-2-9-23)12-15-5-6-18-16(10-15)4-3-7-21-18/h3-7,10,17,19,24H,1-2,8-9,11-14H2/t17-,19-/m0/s1. The fourth-order valence-electron chi connectivity index (χ4n) is 4.07. The third-order valence-electron chi connectivity index (χ3n) is 5.45. The Morgan fingerprint density at radius 1 is 1.20 bits per heavy atom. The molecule has 0 radical (unpaired) electrons. The molecule has 3 heterocycles. The third kappa shape index (κ3) is 3.67. The molecule has 2 saturated heterocycles. The van der Waals surface area contributed by atoms with Gasteiger partial charge >= 0.3 is 0 Å². The summed E-state index contributed by atoms with van der Waals surface area (Å²) in [5.41, 5.74) is 2.22. The Balaban J connectivity index is 1.37. The van der Waals surface area contributed by atoms with Crippen molar-refractivity contribution in [1.29, 1.82) is 0 Å². The van der Waals surface area contributed by atoms with Gasteiger partial charge in [-0.25, -0.2) is 0 Å². The summed E-state index contributed by atoms with van der Waals surface area (Å²) in [6.45, 7) is 4.00. The molecule has 2 aromatic rings. The van der Waals surface area contributed by atoms with Crippen molar-refractivity contribution in [2.75, 3.05) is 26.2 Å². The Labute approximate surface area is 148 Å². The Morgan fingerprint density at radius 2 is 2.04 bits per heavy atom. The van der Waals surface area contributed by atoms with Crippen molar-refractivity contribution in [1.82, 2.24) is 14.8 Å². The molecule has 1 amide bonds. The van der Waals surface area contributed by atoms with Crippen LogP contribution < -0.4 is 0 Å². The highest BCUT2D eigenvalue weighted by Crippen LogP contribution is 2.24. The highest BCUT2D eigenvalue weighted by molar-refractivity contribution is 5.79. The first-order valence-electron chi connectivity index (χ1n) is 9.21. The van der Waals surface area contributed by atoms with Crippen LogP contribution >= 0.6 is 0 Å². The fourth-order valence-corrected chi connectivity index (χ4v) is 4.07. The van der Waals surface area contributed by atoms with Crippen LogP contribution in [0.2, 0.25) is 0 Å². The summed E-state index contributed by atoms with van der Waals surface area (Å²) in [6.07, 6.45) is 4.10. The highest BCUT2D eigenvalue weighted by Gasteiger charge is 2.34. The Kier molecular flexibility index (Phi) is 4.68. The van der Waals surface area contributed by atoms with Crippen LogP contribution in [0.25, 0.3) is 10.9 Å². The number of pyridine rings is 1. The van der Waals surface area contributed by atoms with E-state index in [0.29, 0.717) is 13.0 Å². The molecule has 2 atom stereocenters. The first-order chi connectivity index (χ1) is 12.2. The number of β-amino-alcohol motifs (C(OH)–C–C–N with tert-alkyl or cyclic N) is 1. The number of amides is 1. The summed E-state index contributed by atoms with van der Waals surface area (Å²) < 4.78 is 0. The summed E-state index contributed by atoms with van der Waals surface area (Å²) >= 11 is 0. The Morgan fingerprint density at radius 3 is 2.88 bits per heavy atom. The number of carbonyl (C=O) groups excluding carboxylic acids is 1. The molecule has 2 aliphatic rings. The van der Waals surface area contributed by atoms with E-state index in [4.69, 9.17) is 0 Å². The zero-order chi connectivity index (χ0) is 17.2. The number of hydrogen-bond acceptors (Lipinski definition) is 4. The lowest BCUT2D eigenvalue weighted by Crippen LogP contribution is -2.32. The molecular weight excluding hydrogens is 314 g/mol. The summed E-state index contributed by atoms with van der Waals surface area (Å²) in [5.74, 6) is 0.260. The minimum atomic E-state index is -0.409. The van der Waals surface area contributed by atoms with Gasteiger partial charge in [-0.2, -0.15) is 0 Å². The van der Waals surface area contributed by atoms with Gasteiger partial charge in [-0.15, -0.1) is 0 Å². The monoisotopic (exact) mass is 339 g/mol. The molecule has 132 valence electrons. The molecular formula is C20H25N3O2. The van der Waals surface area contributed by atoms with Crippen molar-refractivity contribution in [2.24, 2.45) is 5.92 Å². The summed E-state index contributed by atoms with van der Waals surface area (Å²) in [5, 5.41) is 11.5. The normalized spacial score (nSPS) is 24.3. The van der Waals surface area contributed by atoms with Crippen LogP contribution in [-0.4, -0.2) is 58.1 Å². The summed E-state index contributed by atoms with van der Waals surface area (Å²) in [6, 6.07) is 10.3. The highest BCUT2D eigenvalue weighted by atomic mass is 16.3. The zero-order valence-corrected chi connectivity index (χ0v) is 14.5. The molecule has 5 heteroatoms. The predicted octanol–water partition coefficient (Wildman–Crippen LogP) is 2.04. The van der Waals surface area contributed by atoms with E-state index in [0.717, 1.165) is 49.9 Å². The second-order valence-electron chi connectivity index (χ2n) is 7.34. The molecule has 2 aliphatic heterocycles. The first kappa shape index (κ1) is 16.5. The van der Waals surface area contributed by atoms with Crippen LogP contribution in [0.5, 0.6) is 0 Å². The lowest BCUT2D eigenvalue weighted by atomic mass is 10.0. The molecule has 0 saturated carbocycles. The van der Waals surface area contributed by atoms with Crippen molar-refractivity contribution in [3.05, 3.63) is 42.1 Å². The summed E-state index contributed by atoms with van der Waals surface area (Å²) in [7, 11) is 0. The number of carbonyl (C=O) groups is 1. The lowest BCUT2D eigenvalue weighted by molar-refractivity contribution is -0.131. The van der Waals surface area contributed by atoms with Gasteiger partial charge in [0.1, 0.15) is 0 Å². The molecule has 25 heavy (non-hydrogen) atoms. The van der Waals surface area contributed by atoms with Crippen LogP contribution in [0.4, 0.5) is 0 Å². The molecule has 0 aliphatic carbocycles. The molecule has 1 aromatic heterocycles. The van der Waals surface area contributed by atoms with E-state index in [9.17, 15) is 9.90 Å². The smallest absolute Gasteiger partial charge is 0.222 e. The zero-order valence-electron chi connectivity index (χ0n) is 14.5. The fraction of sp³-hybridized carbons (Fsp3) is 0.500. The first-order valence-corrected chi connectivity index (χ1v) is 9.21. The minimum Gasteiger partial charge on any atom is -0.391 e. The van der Waals surface area contributed by atoms with Crippen molar-refractivity contribution in [2.45, 2.75) is 31.9 Å². The van der Waals surface area contributed by atoms with Crippen molar-refractivity contribution in [3.8, 4) is 0 Å². The van der Waals surface area contributed by atoms with Crippen LogP contribution in [0.15, 0.2) is 36.5 Å². The van der Waals surface area contributed by atoms with Crippen LogP contribution in [0.1, 0.15) is 24.8 Å². The maximum Gasteiger partial charge on any atom is 0.222 e. The van der Waals surface area contributed by atoms with Gasteiger partial charge in [-0.05, 0) is 36.6 Å². The average molecular weight is 339 g/mol. The summed E-state index contributed by atoms with van der Waals surface area (Å²) in [4.78, 5) is 20.9. The molecule has 0 unspecified atom stereocenters. The van der Waals surface area contributed by atoms with Gasteiger partial charge < -0.3 is 10.0 Å². The van der Waals surface area contributed by atoms with E-state index < -0.39 is 6.10 Å². The molecule has 1 aromatic carbocycles. The Bertz CT molecular complexity index is 757. The number of benzene rings is 1. The van der Waals surface area contributed by atoms with Gasteiger partial charge in [0.15, 0.2) is 0 Å². The number of fused-ring (bicyclic) bond motifs is 1. The van der Waals surface area contributed by atoms with Gasteiger partial charge in [-0.3, -0.25) is 14.7 Å². The molecule has 5 nitrogen and oxygen atoms in total. The lowest BCUT2D eigenvalue weighted by Gasteiger charge is -2.19. The van der Waals surface area contributed by atoms with E-state index in [2.05, 4.69) is 28.1 Å². The van der Waals surface area contributed by atoms with Gasteiger partial charge in [0.05, 0.1) is 11.6 Å². The van der Waals surface area contributed by atoms with Crippen molar-refractivity contribution < 1.29 is 9.90 Å². The number of aromatic nitrogens is 1. The molecule has 4 rings (SSSR count). The molecule has 0 spiro atoms. The molecule has 1 N–H and O–H groups in total. The van der Waals surface area contributed by atoms with E-state index >= 15 is 0 Å². The van der Waals surface area contributed by atoms with Gasteiger partial charge in [0.2, 0.25) is 5.91 Å². The van der Waals surface area contributed by atoms with E-state index in [1.165, 1.54) is 5.56 Å². The number of rotatable bonds is 4. The number of aliphatic hydroxyl groups excluding tert-OH is 1. The quantitative estimate of drug-likeness (QED) is 0.926. The Hall–Kier alpha value is -1.98. The maximum absolute atomic E-state index is 12.3. The third-order valence-corrected chi connectivity index (χ3v) is 5.45. The largest absolute Gasteiger partial charge is 0.391 e. The molecule has 2 fully saturated rings. The molecule has 0 bridgehead atoms. The second-order valence-corrected chi connectivity index (χ2v) is 7.34. The van der Waals surface area contributed by atoms with Crippen molar-refractivity contribution in [3.63, 3.8) is 0 Å². The van der Waals surface area contributed by atoms with E-state index in [-0.39, 0.29) is 11.8 Å². The average Bonchev–Trinajstić information content (AvgIpc) is 3.25.